The number of nitrogens with one attached hydrogen (secondary N) is 1. The zero-order valence-corrected chi connectivity index (χ0v) is 15.2. The van der Waals surface area contributed by atoms with Crippen molar-refractivity contribution < 1.29 is 14.3 Å². The second kappa shape index (κ2) is 9.35. The van der Waals surface area contributed by atoms with Crippen molar-refractivity contribution in [2.45, 2.75) is 19.1 Å². The highest BCUT2D eigenvalue weighted by atomic mass is 79.9. The van der Waals surface area contributed by atoms with Crippen molar-refractivity contribution in [2.75, 3.05) is 33.9 Å². The monoisotopic (exact) mass is 392 g/mol. The number of carbonyl (C=O) groups excluding carboxylic acids is 1. The molecule has 1 saturated heterocycles. The summed E-state index contributed by atoms with van der Waals surface area (Å²) in [5.74, 6) is 0.860. The molecule has 22 heavy (non-hydrogen) atoms. The van der Waals surface area contributed by atoms with E-state index in [1.165, 1.54) is 0 Å². The van der Waals surface area contributed by atoms with Gasteiger partial charge in [0.05, 0.1) is 26.2 Å². The smallest absolute Gasteiger partial charge is 0.225 e. The molecule has 0 spiro atoms. The van der Waals surface area contributed by atoms with Gasteiger partial charge in [0.1, 0.15) is 5.75 Å². The number of hydrogen-bond acceptors (Lipinski definition) is 4. The quantitative estimate of drug-likeness (QED) is 0.833. The molecule has 1 N–H and O–H groups in total. The fraction of sp³-hybridized carbons (Fsp3) is 0.533. The minimum absolute atomic E-state index is 0. The molecule has 0 bridgehead atoms. The number of morpholine rings is 1. The zero-order valence-electron chi connectivity index (χ0n) is 12.8. The number of nitrogens with zero attached hydrogens (tertiary/aromatic N) is 1. The summed E-state index contributed by atoms with van der Waals surface area (Å²) in [7, 11) is 3.44. The molecule has 1 aromatic carbocycles. The Morgan fingerprint density at radius 3 is 2.95 bits per heavy atom. The summed E-state index contributed by atoms with van der Waals surface area (Å²) in [6.45, 7) is 2.78. The molecule has 0 radical (unpaired) electrons. The van der Waals surface area contributed by atoms with Crippen molar-refractivity contribution in [1.29, 1.82) is 0 Å². The van der Waals surface area contributed by atoms with Gasteiger partial charge >= 0.3 is 0 Å². The van der Waals surface area contributed by atoms with Crippen LogP contribution in [0, 0.1) is 0 Å². The number of ether oxygens (including phenoxy) is 2. The molecule has 0 aromatic heterocycles. The number of rotatable bonds is 5. The van der Waals surface area contributed by atoms with Gasteiger partial charge in [-0.25, -0.2) is 0 Å². The normalized spacial score (nSPS) is 17.5. The first kappa shape index (κ1) is 19.2. The molecule has 1 amide bonds. The van der Waals surface area contributed by atoms with Crippen LogP contribution < -0.4 is 10.1 Å². The van der Waals surface area contributed by atoms with Gasteiger partial charge in [0.15, 0.2) is 0 Å². The van der Waals surface area contributed by atoms with Crippen LogP contribution in [-0.4, -0.2) is 50.8 Å². The molecule has 1 aliphatic rings. The van der Waals surface area contributed by atoms with Gasteiger partial charge in [0, 0.05) is 36.7 Å². The number of carbonyl (C=O) groups is 1. The predicted octanol–water partition coefficient (Wildman–Crippen LogP) is 2.22. The van der Waals surface area contributed by atoms with Crippen LogP contribution in [-0.2, 0) is 16.1 Å². The van der Waals surface area contributed by atoms with Gasteiger partial charge in [0.2, 0.25) is 5.91 Å². The Morgan fingerprint density at radius 2 is 2.32 bits per heavy atom. The highest BCUT2D eigenvalue weighted by Gasteiger charge is 2.20. The van der Waals surface area contributed by atoms with Gasteiger partial charge < -0.3 is 19.7 Å². The average molecular weight is 394 g/mol. The summed E-state index contributed by atoms with van der Waals surface area (Å²) in [4.78, 5) is 14.0. The van der Waals surface area contributed by atoms with Gasteiger partial charge in [-0.3, -0.25) is 4.79 Å². The Hall–Kier alpha value is -0.820. The van der Waals surface area contributed by atoms with Crippen molar-refractivity contribution in [3.05, 3.63) is 28.2 Å². The lowest BCUT2D eigenvalue weighted by Gasteiger charge is -2.26. The molecule has 5 nitrogen and oxygen atoms in total. The van der Waals surface area contributed by atoms with E-state index in [-0.39, 0.29) is 24.4 Å². The van der Waals surface area contributed by atoms with E-state index in [1.54, 1.807) is 19.1 Å². The number of benzene rings is 1. The summed E-state index contributed by atoms with van der Waals surface area (Å²) < 4.78 is 11.9. The second-order valence-electron chi connectivity index (χ2n) is 5.11. The van der Waals surface area contributed by atoms with E-state index >= 15 is 0 Å². The van der Waals surface area contributed by atoms with Crippen molar-refractivity contribution in [3.8, 4) is 5.75 Å². The Balaban J connectivity index is 0.00000242. The minimum atomic E-state index is -0.0295. The summed E-state index contributed by atoms with van der Waals surface area (Å²) in [5, 5.41) is 3.23. The van der Waals surface area contributed by atoms with Crippen LogP contribution in [0.5, 0.6) is 5.75 Å². The first-order valence-corrected chi connectivity index (χ1v) is 7.78. The third-order valence-corrected chi connectivity index (χ3v) is 3.98. The number of halogens is 2. The molecule has 1 unspecified atom stereocenters. The molecular weight excluding hydrogens is 372 g/mol. The Bertz CT molecular complexity index is 496. The Labute approximate surface area is 145 Å². The predicted molar refractivity (Wildman–Crippen MR) is 91.6 cm³/mol. The average Bonchev–Trinajstić information content (AvgIpc) is 2.48. The number of hydrogen-bond donors (Lipinski definition) is 1. The molecule has 1 fully saturated rings. The van der Waals surface area contributed by atoms with Crippen LogP contribution in [0.3, 0.4) is 0 Å². The fourth-order valence-electron chi connectivity index (χ4n) is 2.32. The molecule has 1 heterocycles. The summed E-state index contributed by atoms with van der Waals surface area (Å²) in [5.41, 5.74) is 0.977. The summed E-state index contributed by atoms with van der Waals surface area (Å²) >= 11 is 3.44. The Morgan fingerprint density at radius 1 is 1.55 bits per heavy atom. The molecule has 7 heteroatoms. The molecule has 1 aliphatic heterocycles. The molecule has 0 aliphatic carbocycles. The lowest BCUT2D eigenvalue weighted by molar-refractivity contribution is -0.134. The first-order valence-electron chi connectivity index (χ1n) is 6.99. The lowest BCUT2D eigenvalue weighted by Crippen LogP contribution is -2.41. The molecule has 1 atom stereocenters. The van der Waals surface area contributed by atoms with Crippen molar-refractivity contribution in [3.63, 3.8) is 0 Å². The minimum Gasteiger partial charge on any atom is -0.496 e. The number of amides is 1. The maximum atomic E-state index is 12.3. The third kappa shape index (κ3) is 5.43. The van der Waals surface area contributed by atoms with Crippen LogP contribution in [0.15, 0.2) is 22.7 Å². The molecule has 0 saturated carbocycles. The summed E-state index contributed by atoms with van der Waals surface area (Å²) in [6.07, 6.45) is 0.373. The largest absolute Gasteiger partial charge is 0.496 e. The van der Waals surface area contributed by atoms with E-state index in [1.807, 2.05) is 18.2 Å². The van der Waals surface area contributed by atoms with E-state index < -0.39 is 0 Å². The maximum absolute atomic E-state index is 12.3. The first-order chi connectivity index (χ1) is 10.1. The van der Waals surface area contributed by atoms with Crippen molar-refractivity contribution in [1.82, 2.24) is 10.2 Å². The Kier molecular flexibility index (Phi) is 8.17. The van der Waals surface area contributed by atoms with E-state index in [4.69, 9.17) is 9.47 Å². The zero-order chi connectivity index (χ0) is 15.2. The fourth-order valence-corrected chi connectivity index (χ4v) is 2.72. The lowest BCUT2D eigenvalue weighted by atomic mass is 10.1. The number of methoxy groups -OCH3 is 1. The van der Waals surface area contributed by atoms with Crippen LogP contribution in [0.25, 0.3) is 0 Å². The van der Waals surface area contributed by atoms with E-state index in [9.17, 15) is 4.79 Å². The van der Waals surface area contributed by atoms with Gasteiger partial charge in [-0.1, -0.05) is 15.9 Å². The molecule has 1 aromatic rings. The van der Waals surface area contributed by atoms with Crippen LogP contribution >= 0.6 is 28.3 Å². The molecule has 2 rings (SSSR count). The van der Waals surface area contributed by atoms with Crippen LogP contribution in [0.1, 0.15) is 12.0 Å². The molecule has 124 valence electrons. The van der Waals surface area contributed by atoms with Gasteiger partial charge in [0.25, 0.3) is 0 Å². The highest BCUT2D eigenvalue weighted by molar-refractivity contribution is 9.10. The third-order valence-electron chi connectivity index (χ3n) is 3.48. The topological polar surface area (TPSA) is 50.8 Å². The maximum Gasteiger partial charge on any atom is 0.225 e. The van der Waals surface area contributed by atoms with E-state index in [0.29, 0.717) is 19.6 Å². The standard InChI is InChI=1S/C15H21BrN2O3.ClH/c1-18(15(19)8-13-9-17-5-6-21-13)10-11-7-12(16)3-4-14(11)20-2;/h3-4,7,13,17H,5-6,8-10H2,1-2H3;1H. The van der Waals surface area contributed by atoms with Crippen molar-refractivity contribution >= 4 is 34.2 Å². The van der Waals surface area contributed by atoms with E-state index in [2.05, 4.69) is 21.2 Å². The van der Waals surface area contributed by atoms with Crippen LogP contribution in [0.2, 0.25) is 0 Å². The van der Waals surface area contributed by atoms with Crippen LogP contribution in [0.4, 0.5) is 0 Å². The summed E-state index contributed by atoms with van der Waals surface area (Å²) in [6, 6.07) is 5.79. The van der Waals surface area contributed by atoms with Crippen molar-refractivity contribution in [2.24, 2.45) is 0 Å². The van der Waals surface area contributed by atoms with E-state index in [0.717, 1.165) is 28.9 Å². The van der Waals surface area contributed by atoms with Gasteiger partial charge in [-0.05, 0) is 18.2 Å². The van der Waals surface area contributed by atoms with Gasteiger partial charge in [-0.2, -0.15) is 0 Å². The van der Waals surface area contributed by atoms with Gasteiger partial charge in [-0.15, -0.1) is 12.4 Å². The molecular formula is C15H22BrClN2O3. The highest BCUT2D eigenvalue weighted by Crippen LogP contribution is 2.24. The second-order valence-corrected chi connectivity index (χ2v) is 6.02. The SMILES string of the molecule is COc1ccc(Br)cc1CN(C)C(=O)CC1CNCCO1.Cl.